The first-order valence-corrected chi connectivity index (χ1v) is 11.5. The largest absolute Gasteiger partial charge is 0.507 e. The number of aliphatic carboxylic acids is 1. The first-order valence-electron chi connectivity index (χ1n) is 11.5. The number of rotatable bonds is 10. The third-order valence-electron chi connectivity index (χ3n) is 6.14. The van der Waals surface area contributed by atoms with E-state index in [9.17, 15) is 14.7 Å². The zero-order chi connectivity index (χ0) is 23.2. The van der Waals surface area contributed by atoms with Gasteiger partial charge < -0.3 is 15.5 Å². The molecule has 3 aromatic carbocycles. The predicted molar refractivity (Wildman–Crippen MR) is 127 cm³/mol. The van der Waals surface area contributed by atoms with E-state index in [1.165, 1.54) is 12.8 Å². The molecule has 3 aromatic rings. The quantitative estimate of drug-likeness (QED) is 0.398. The summed E-state index contributed by atoms with van der Waals surface area (Å²) in [6.45, 7) is 0. The number of carboxylic acids is 1. The number of phenols is 1. The Morgan fingerprint density at radius 2 is 1.58 bits per heavy atom. The molecule has 1 fully saturated rings. The standard InChI is InChI=1S/C28H29NO4/c30-26-14-12-22(16-20-8-6-19(7-9-20)13-15-27(31)32)17-24(26)28(33)29-25(18-21-10-11-21)23-4-2-1-3-5-23/h1-9,12,14,17,21,25,30H,10-11,13,15-16,18H2,(H,29,33)(H,31,32). The van der Waals surface area contributed by atoms with E-state index in [0.717, 1.165) is 28.7 Å². The van der Waals surface area contributed by atoms with E-state index in [-0.39, 0.29) is 29.7 Å². The van der Waals surface area contributed by atoms with Gasteiger partial charge in [-0.25, -0.2) is 0 Å². The average Bonchev–Trinajstić information content (AvgIpc) is 3.64. The summed E-state index contributed by atoms with van der Waals surface area (Å²) in [4.78, 5) is 23.9. The molecule has 0 bridgehead atoms. The van der Waals surface area contributed by atoms with Crippen LogP contribution in [-0.2, 0) is 17.6 Å². The lowest BCUT2D eigenvalue weighted by atomic mass is 9.98. The van der Waals surface area contributed by atoms with Gasteiger partial charge in [-0.05, 0) is 59.6 Å². The van der Waals surface area contributed by atoms with Crippen molar-refractivity contribution in [3.8, 4) is 5.75 Å². The van der Waals surface area contributed by atoms with Crippen LogP contribution in [0.2, 0.25) is 0 Å². The van der Waals surface area contributed by atoms with Gasteiger partial charge in [0.05, 0.1) is 11.6 Å². The van der Waals surface area contributed by atoms with Gasteiger partial charge in [0, 0.05) is 6.42 Å². The zero-order valence-electron chi connectivity index (χ0n) is 18.5. The monoisotopic (exact) mass is 443 g/mol. The molecule has 4 rings (SSSR count). The normalized spacial score (nSPS) is 13.9. The first kappa shape index (κ1) is 22.6. The lowest BCUT2D eigenvalue weighted by Gasteiger charge is -2.20. The molecule has 3 N–H and O–H groups in total. The molecule has 33 heavy (non-hydrogen) atoms. The van der Waals surface area contributed by atoms with Crippen LogP contribution < -0.4 is 5.32 Å². The Hall–Kier alpha value is -3.60. The minimum atomic E-state index is -0.805. The van der Waals surface area contributed by atoms with E-state index < -0.39 is 5.97 Å². The Balaban J connectivity index is 1.45. The second kappa shape index (κ2) is 10.3. The van der Waals surface area contributed by atoms with Crippen LogP contribution in [0.3, 0.4) is 0 Å². The van der Waals surface area contributed by atoms with Gasteiger partial charge in [0.1, 0.15) is 5.75 Å². The molecule has 1 amide bonds. The maximum Gasteiger partial charge on any atom is 0.303 e. The Morgan fingerprint density at radius 3 is 2.24 bits per heavy atom. The highest BCUT2D eigenvalue weighted by Gasteiger charge is 2.28. The number of carbonyl (C=O) groups is 2. The number of amides is 1. The van der Waals surface area contributed by atoms with Crippen molar-refractivity contribution < 1.29 is 19.8 Å². The summed E-state index contributed by atoms with van der Waals surface area (Å²) in [7, 11) is 0. The number of nitrogens with one attached hydrogen (secondary N) is 1. The molecule has 1 saturated carbocycles. The molecule has 0 heterocycles. The molecule has 1 unspecified atom stereocenters. The van der Waals surface area contributed by atoms with Crippen molar-refractivity contribution in [2.75, 3.05) is 0 Å². The van der Waals surface area contributed by atoms with Crippen LogP contribution in [0.25, 0.3) is 0 Å². The molecule has 0 aliphatic heterocycles. The fourth-order valence-electron chi connectivity index (χ4n) is 4.07. The fraction of sp³-hybridized carbons (Fsp3) is 0.286. The van der Waals surface area contributed by atoms with Gasteiger partial charge in [-0.15, -0.1) is 0 Å². The van der Waals surface area contributed by atoms with Crippen LogP contribution in [0.1, 0.15) is 64.3 Å². The van der Waals surface area contributed by atoms with Gasteiger partial charge in [-0.1, -0.05) is 73.5 Å². The average molecular weight is 444 g/mol. The fourth-order valence-corrected chi connectivity index (χ4v) is 4.07. The van der Waals surface area contributed by atoms with Gasteiger partial charge in [0.2, 0.25) is 0 Å². The minimum absolute atomic E-state index is 0.0292. The minimum Gasteiger partial charge on any atom is -0.507 e. The first-order chi connectivity index (χ1) is 16.0. The van der Waals surface area contributed by atoms with Crippen LogP contribution in [0.5, 0.6) is 5.75 Å². The summed E-state index contributed by atoms with van der Waals surface area (Å²) in [6, 6.07) is 22.9. The van der Waals surface area contributed by atoms with E-state index in [1.807, 2.05) is 60.7 Å². The van der Waals surface area contributed by atoms with Crippen molar-refractivity contribution in [2.24, 2.45) is 5.92 Å². The molecular formula is C28H29NO4. The molecule has 1 aliphatic carbocycles. The lowest BCUT2D eigenvalue weighted by molar-refractivity contribution is -0.136. The van der Waals surface area contributed by atoms with Gasteiger partial charge in [0.25, 0.3) is 5.91 Å². The molecule has 1 atom stereocenters. The van der Waals surface area contributed by atoms with Crippen molar-refractivity contribution in [1.29, 1.82) is 0 Å². The summed E-state index contributed by atoms with van der Waals surface area (Å²) in [6.07, 6.45) is 4.54. The predicted octanol–water partition coefficient (Wildman–Crippen LogP) is 5.27. The van der Waals surface area contributed by atoms with E-state index in [2.05, 4.69) is 5.32 Å². The highest BCUT2D eigenvalue weighted by Crippen LogP contribution is 2.38. The summed E-state index contributed by atoms with van der Waals surface area (Å²) in [5.74, 6) is -0.458. The van der Waals surface area contributed by atoms with Crippen LogP contribution in [0, 0.1) is 5.92 Å². The molecule has 1 aliphatic rings. The van der Waals surface area contributed by atoms with Crippen molar-refractivity contribution in [2.45, 2.75) is 44.6 Å². The number of benzene rings is 3. The Labute approximate surface area is 194 Å². The van der Waals surface area contributed by atoms with Gasteiger partial charge in [-0.3, -0.25) is 9.59 Å². The van der Waals surface area contributed by atoms with E-state index >= 15 is 0 Å². The molecule has 170 valence electrons. The number of aryl methyl sites for hydroxylation is 1. The number of carboxylic acid groups (broad SMARTS) is 1. The molecular weight excluding hydrogens is 414 g/mol. The van der Waals surface area contributed by atoms with Gasteiger partial charge in [-0.2, -0.15) is 0 Å². The highest BCUT2D eigenvalue weighted by molar-refractivity contribution is 5.97. The number of hydrogen-bond acceptors (Lipinski definition) is 3. The Bertz CT molecular complexity index is 1100. The summed E-state index contributed by atoms with van der Waals surface area (Å²) < 4.78 is 0. The van der Waals surface area contributed by atoms with Crippen LogP contribution in [0.15, 0.2) is 72.8 Å². The second-order valence-electron chi connectivity index (χ2n) is 8.85. The Morgan fingerprint density at radius 1 is 0.909 bits per heavy atom. The van der Waals surface area contributed by atoms with Crippen LogP contribution >= 0.6 is 0 Å². The van der Waals surface area contributed by atoms with Gasteiger partial charge >= 0.3 is 5.97 Å². The smallest absolute Gasteiger partial charge is 0.303 e. The molecule has 5 heteroatoms. The summed E-state index contributed by atoms with van der Waals surface area (Å²) in [5.41, 5.74) is 4.32. The molecule has 0 aromatic heterocycles. The maximum absolute atomic E-state index is 13.1. The summed E-state index contributed by atoms with van der Waals surface area (Å²) >= 11 is 0. The lowest BCUT2D eigenvalue weighted by Crippen LogP contribution is -2.29. The van der Waals surface area contributed by atoms with Crippen molar-refractivity contribution in [1.82, 2.24) is 5.32 Å². The molecule has 0 spiro atoms. The van der Waals surface area contributed by atoms with Crippen molar-refractivity contribution in [3.63, 3.8) is 0 Å². The van der Waals surface area contributed by atoms with Crippen LogP contribution in [0.4, 0.5) is 0 Å². The van der Waals surface area contributed by atoms with E-state index in [4.69, 9.17) is 5.11 Å². The van der Waals surface area contributed by atoms with Gasteiger partial charge in [0.15, 0.2) is 0 Å². The summed E-state index contributed by atoms with van der Waals surface area (Å²) in [5, 5.41) is 22.3. The number of phenolic OH excluding ortho intramolecular Hbond substituents is 1. The maximum atomic E-state index is 13.1. The van der Waals surface area contributed by atoms with Crippen molar-refractivity contribution in [3.05, 3.63) is 101 Å². The highest BCUT2D eigenvalue weighted by atomic mass is 16.4. The second-order valence-corrected chi connectivity index (χ2v) is 8.85. The molecule has 0 radical (unpaired) electrons. The molecule has 0 saturated heterocycles. The number of hydrogen-bond donors (Lipinski definition) is 3. The Kier molecular flexibility index (Phi) is 7.08. The molecule has 5 nitrogen and oxygen atoms in total. The van der Waals surface area contributed by atoms with E-state index in [1.54, 1.807) is 12.1 Å². The SMILES string of the molecule is O=C(O)CCc1ccc(Cc2ccc(O)c(C(=O)NC(CC3CC3)c3ccccc3)c2)cc1. The number of carbonyl (C=O) groups excluding carboxylic acids is 1. The van der Waals surface area contributed by atoms with Crippen LogP contribution in [-0.4, -0.2) is 22.1 Å². The third-order valence-corrected chi connectivity index (χ3v) is 6.14. The van der Waals surface area contributed by atoms with Crippen molar-refractivity contribution >= 4 is 11.9 Å². The zero-order valence-corrected chi connectivity index (χ0v) is 18.5. The third kappa shape index (κ3) is 6.45. The van der Waals surface area contributed by atoms with E-state index in [0.29, 0.717) is 18.8 Å². The topological polar surface area (TPSA) is 86.6 Å². The number of aromatic hydroxyl groups is 1.